The van der Waals surface area contributed by atoms with Gasteiger partial charge in [-0.15, -0.1) is 0 Å². The van der Waals surface area contributed by atoms with Gasteiger partial charge in [-0.1, -0.05) is 75.0 Å². The first-order valence-electron chi connectivity index (χ1n) is 6.74. The van der Waals surface area contributed by atoms with E-state index in [2.05, 4.69) is 0 Å². The lowest BCUT2D eigenvalue weighted by Gasteiger charge is -2.18. The molecular weight excluding hydrogens is 268 g/mol. The standard InChI is InChI=1S/C17H20O2S/c1-17(2,3)20-16(19)11-15(18)14-10-6-8-12-7-4-5-9-13(12)14/h4-10,15,18H,11H2,1-3H3. The van der Waals surface area contributed by atoms with Crippen LogP contribution in [0.3, 0.4) is 0 Å². The first kappa shape index (κ1) is 15.1. The van der Waals surface area contributed by atoms with Crippen LogP contribution in [-0.2, 0) is 4.79 Å². The van der Waals surface area contributed by atoms with Gasteiger partial charge in [0, 0.05) is 11.2 Å². The Morgan fingerprint density at radius 1 is 1.15 bits per heavy atom. The van der Waals surface area contributed by atoms with Gasteiger partial charge in [0.05, 0.1) is 6.10 Å². The largest absolute Gasteiger partial charge is 0.388 e. The van der Waals surface area contributed by atoms with Crippen LogP contribution in [-0.4, -0.2) is 15.0 Å². The van der Waals surface area contributed by atoms with Gasteiger partial charge in [0.15, 0.2) is 5.12 Å². The van der Waals surface area contributed by atoms with E-state index in [4.69, 9.17) is 0 Å². The molecule has 20 heavy (non-hydrogen) atoms. The molecule has 0 saturated heterocycles. The maximum Gasteiger partial charge on any atom is 0.192 e. The van der Waals surface area contributed by atoms with E-state index < -0.39 is 6.10 Å². The Bertz CT molecular complexity index is 608. The first-order chi connectivity index (χ1) is 9.37. The number of carbonyl (C=O) groups is 1. The number of benzene rings is 2. The molecule has 1 unspecified atom stereocenters. The summed E-state index contributed by atoms with van der Waals surface area (Å²) in [6.45, 7) is 6.00. The fourth-order valence-corrected chi connectivity index (χ4v) is 3.12. The van der Waals surface area contributed by atoms with Gasteiger partial charge in [-0.3, -0.25) is 4.79 Å². The molecule has 0 bridgehead atoms. The van der Waals surface area contributed by atoms with E-state index in [0.717, 1.165) is 16.3 Å². The van der Waals surface area contributed by atoms with E-state index >= 15 is 0 Å². The van der Waals surface area contributed by atoms with Crippen molar-refractivity contribution in [1.29, 1.82) is 0 Å². The molecule has 2 nitrogen and oxygen atoms in total. The van der Waals surface area contributed by atoms with Crippen molar-refractivity contribution in [2.45, 2.75) is 38.0 Å². The number of carbonyl (C=O) groups excluding carboxylic acids is 1. The molecule has 3 heteroatoms. The highest BCUT2D eigenvalue weighted by atomic mass is 32.2. The van der Waals surface area contributed by atoms with Crippen LogP contribution in [0.5, 0.6) is 0 Å². The molecule has 2 aromatic carbocycles. The van der Waals surface area contributed by atoms with Crippen LogP contribution >= 0.6 is 11.8 Å². The summed E-state index contributed by atoms with van der Waals surface area (Å²) < 4.78 is -0.116. The minimum atomic E-state index is -0.747. The Hall–Kier alpha value is -1.32. The van der Waals surface area contributed by atoms with Crippen LogP contribution in [0.15, 0.2) is 42.5 Å². The van der Waals surface area contributed by atoms with E-state index in [1.54, 1.807) is 0 Å². The molecule has 0 aromatic heterocycles. The third-order valence-electron chi connectivity index (χ3n) is 2.96. The molecule has 0 aliphatic rings. The molecule has 2 rings (SSSR count). The van der Waals surface area contributed by atoms with Gasteiger partial charge < -0.3 is 5.11 Å². The van der Waals surface area contributed by atoms with Gasteiger partial charge >= 0.3 is 0 Å². The zero-order chi connectivity index (χ0) is 14.8. The van der Waals surface area contributed by atoms with Crippen molar-refractivity contribution in [1.82, 2.24) is 0 Å². The van der Waals surface area contributed by atoms with E-state index in [1.165, 1.54) is 11.8 Å². The maximum absolute atomic E-state index is 12.0. The number of hydrogen-bond donors (Lipinski definition) is 1. The van der Waals surface area contributed by atoms with Gasteiger partial charge in [-0.05, 0) is 16.3 Å². The quantitative estimate of drug-likeness (QED) is 0.914. The van der Waals surface area contributed by atoms with Gasteiger partial charge in [0.25, 0.3) is 0 Å². The predicted octanol–water partition coefficient (Wildman–Crippen LogP) is 4.32. The summed E-state index contributed by atoms with van der Waals surface area (Å²) in [6, 6.07) is 13.7. The van der Waals surface area contributed by atoms with Crippen LogP contribution in [0.1, 0.15) is 38.9 Å². The van der Waals surface area contributed by atoms with Crippen molar-refractivity contribution < 1.29 is 9.90 Å². The SMILES string of the molecule is CC(C)(C)SC(=O)CC(O)c1cccc2ccccc12. The second kappa shape index (κ2) is 5.98. The van der Waals surface area contributed by atoms with Crippen LogP contribution in [0.4, 0.5) is 0 Å². The van der Waals surface area contributed by atoms with E-state index in [9.17, 15) is 9.90 Å². The van der Waals surface area contributed by atoms with Crippen LogP contribution in [0.25, 0.3) is 10.8 Å². The normalized spacial score (nSPS) is 13.4. The summed E-state index contributed by atoms with van der Waals surface area (Å²) in [7, 11) is 0. The second-order valence-corrected chi connectivity index (χ2v) is 7.76. The number of aliphatic hydroxyl groups excluding tert-OH is 1. The minimum absolute atomic E-state index is 0.0259. The lowest BCUT2D eigenvalue weighted by molar-refractivity contribution is -0.112. The third-order valence-corrected chi connectivity index (χ3v) is 3.97. The predicted molar refractivity (Wildman–Crippen MR) is 85.9 cm³/mol. The van der Waals surface area contributed by atoms with E-state index in [0.29, 0.717) is 0 Å². The summed E-state index contributed by atoms with van der Waals surface area (Å²) in [5, 5.41) is 12.5. The Kier molecular flexibility index (Phi) is 4.51. The van der Waals surface area contributed by atoms with Gasteiger partial charge in [-0.2, -0.15) is 0 Å². The van der Waals surface area contributed by atoms with Gasteiger partial charge in [-0.25, -0.2) is 0 Å². The molecule has 1 atom stereocenters. The molecule has 0 aliphatic heterocycles. The average Bonchev–Trinajstić information content (AvgIpc) is 2.35. The summed E-state index contributed by atoms with van der Waals surface area (Å²) in [6.07, 6.45) is -0.598. The highest BCUT2D eigenvalue weighted by Crippen LogP contribution is 2.31. The van der Waals surface area contributed by atoms with Crippen molar-refractivity contribution >= 4 is 27.6 Å². The topological polar surface area (TPSA) is 37.3 Å². The Morgan fingerprint density at radius 2 is 1.80 bits per heavy atom. The zero-order valence-electron chi connectivity index (χ0n) is 12.1. The van der Waals surface area contributed by atoms with Crippen LogP contribution in [0, 0.1) is 0 Å². The number of thioether (sulfide) groups is 1. The van der Waals surface area contributed by atoms with Crippen molar-refractivity contribution in [3.8, 4) is 0 Å². The molecule has 0 radical (unpaired) electrons. The van der Waals surface area contributed by atoms with Crippen molar-refractivity contribution in [3.05, 3.63) is 48.0 Å². The zero-order valence-corrected chi connectivity index (χ0v) is 12.9. The summed E-state index contributed by atoms with van der Waals surface area (Å²) >= 11 is 1.29. The molecule has 2 aromatic rings. The van der Waals surface area contributed by atoms with Crippen molar-refractivity contribution in [2.75, 3.05) is 0 Å². The number of fused-ring (bicyclic) bond motifs is 1. The Labute approximate surface area is 124 Å². The van der Waals surface area contributed by atoms with E-state index in [-0.39, 0.29) is 16.3 Å². The number of aliphatic hydroxyl groups is 1. The fraction of sp³-hybridized carbons (Fsp3) is 0.353. The smallest absolute Gasteiger partial charge is 0.192 e. The highest BCUT2D eigenvalue weighted by Gasteiger charge is 2.21. The molecule has 0 saturated carbocycles. The van der Waals surface area contributed by atoms with Crippen LogP contribution < -0.4 is 0 Å². The second-order valence-electron chi connectivity index (χ2n) is 5.87. The van der Waals surface area contributed by atoms with Gasteiger partial charge in [0.2, 0.25) is 0 Å². The van der Waals surface area contributed by atoms with Crippen LogP contribution in [0.2, 0.25) is 0 Å². The molecule has 1 N–H and O–H groups in total. The summed E-state index contributed by atoms with van der Waals surface area (Å²) in [5.74, 6) is 0. The number of rotatable bonds is 3. The Balaban J connectivity index is 2.20. The summed E-state index contributed by atoms with van der Waals surface area (Å²) in [4.78, 5) is 12.0. The molecule has 0 heterocycles. The average molecular weight is 288 g/mol. The lowest BCUT2D eigenvalue weighted by Crippen LogP contribution is -2.14. The monoisotopic (exact) mass is 288 g/mol. The third kappa shape index (κ3) is 3.84. The maximum atomic E-state index is 12.0. The summed E-state index contributed by atoms with van der Waals surface area (Å²) in [5.41, 5.74) is 0.825. The number of hydrogen-bond acceptors (Lipinski definition) is 3. The molecule has 0 fully saturated rings. The van der Waals surface area contributed by atoms with Crippen molar-refractivity contribution in [3.63, 3.8) is 0 Å². The van der Waals surface area contributed by atoms with E-state index in [1.807, 2.05) is 63.2 Å². The van der Waals surface area contributed by atoms with Crippen molar-refractivity contribution in [2.24, 2.45) is 0 Å². The molecule has 0 aliphatic carbocycles. The molecule has 106 valence electrons. The Morgan fingerprint density at radius 3 is 2.50 bits per heavy atom. The van der Waals surface area contributed by atoms with Gasteiger partial charge in [0.1, 0.15) is 0 Å². The molecule has 0 spiro atoms. The lowest BCUT2D eigenvalue weighted by atomic mass is 9.99. The fourth-order valence-electron chi connectivity index (χ4n) is 2.19. The first-order valence-corrected chi connectivity index (χ1v) is 7.56. The highest BCUT2D eigenvalue weighted by molar-refractivity contribution is 8.14. The molecular formula is C17H20O2S. The molecule has 0 amide bonds. The minimum Gasteiger partial charge on any atom is -0.388 e.